The molecule has 0 aliphatic heterocycles. The molecule has 0 aliphatic carbocycles. The zero-order valence-corrected chi connectivity index (χ0v) is 9.40. The molecule has 1 aromatic carbocycles. The molecule has 0 saturated heterocycles. The van der Waals surface area contributed by atoms with Crippen molar-refractivity contribution in [2.45, 2.75) is 6.92 Å². The van der Waals surface area contributed by atoms with Gasteiger partial charge in [-0.3, -0.25) is 4.79 Å². The number of hydrogen-bond donors (Lipinski definition) is 1. The van der Waals surface area contributed by atoms with Gasteiger partial charge in [0.05, 0.1) is 0 Å². The monoisotopic (exact) mass is 214 g/mol. The Hall–Kier alpha value is -2.03. The van der Waals surface area contributed by atoms with E-state index in [-0.39, 0.29) is 5.56 Å². The molecule has 0 radical (unpaired) electrons. The molecule has 3 nitrogen and oxygen atoms in total. The van der Waals surface area contributed by atoms with E-state index in [0.29, 0.717) is 0 Å². The van der Waals surface area contributed by atoms with Crippen molar-refractivity contribution in [3.8, 4) is 11.1 Å². The number of benzene rings is 1. The first-order valence-corrected chi connectivity index (χ1v) is 5.12. The number of aryl methyl sites for hydroxylation is 1. The molecule has 16 heavy (non-hydrogen) atoms. The number of nitrogens with zero attached hydrogens (tertiary/aromatic N) is 1. The fourth-order valence-electron chi connectivity index (χ4n) is 1.68. The average molecular weight is 214 g/mol. The zero-order valence-electron chi connectivity index (χ0n) is 9.40. The molecule has 2 aromatic rings. The Kier molecular flexibility index (Phi) is 2.52. The molecule has 1 aromatic heterocycles. The minimum Gasteiger partial charge on any atom is -0.398 e. The van der Waals surface area contributed by atoms with E-state index in [1.165, 1.54) is 0 Å². The molecule has 3 heteroatoms. The summed E-state index contributed by atoms with van der Waals surface area (Å²) in [4.78, 5) is 11.5. The molecule has 0 saturated carbocycles. The van der Waals surface area contributed by atoms with Gasteiger partial charge in [0, 0.05) is 25.0 Å². The quantitative estimate of drug-likeness (QED) is 0.737. The predicted molar refractivity (Wildman–Crippen MR) is 66.3 cm³/mol. The molecule has 2 N–H and O–H groups in total. The molecule has 0 unspecified atom stereocenters. The lowest BCUT2D eigenvalue weighted by Gasteiger charge is -2.08. The summed E-state index contributed by atoms with van der Waals surface area (Å²) < 4.78 is 1.55. The van der Waals surface area contributed by atoms with Crippen molar-refractivity contribution in [2.75, 3.05) is 5.73 Å². The molecule has 82 valence electrons. The van der Waals surface area contributed by atoms with Gasteiger partial charge in [0.2, 0.25) is 0 Å². The van der Waals surface area contributed by atoms with Gasteiger partial charge in [0.15, 0.2) is 0 Å². The van der Waals surface area contributed by atoms with E-state index < -0.39 is 0 Å². The highest BCUT2D eigenvalue weighted by atomic mass is 16.1. The summed E-state index contributed by atoms with van der Waals surface area (Å²) in [6.45, 7) is 1.96. The second kappa shape index (κ2) is 3.85. The molecule has 0 atom stereocenters. The smallest absolute Gasteiger partial charge is 0.250 e. The first kappa shape index (κ1) is 10.5. The van der Waals surface area contributed by atoms with Crippen LogP contribution in [-0.2, 0) is 7.05 Å². The fourth-order valence-corrected chi connectivity index (χ4v) is 1.68. The molecular weight excluding hydrogens is 200 g/mol. The summed E-state index contributed by atoms with van der Waals surface area (Å²) in [5.41, 5.74) is 9.51. The third kappa shape index (κ3) is 1.72. The molecule has 0 fully saturated rings. The van der Waals surface area contributed by atoms with Crippen molar-refractivity contribution in [3.63, 3.8) is 0 Å². The van der Waals surface area contributed by atoms with Crippen molar-refractivity contribution < 1.29 is 0 Å². The van der Waals surface area contributed by atoms with Crippen LogP contribution in [0.5, 0.6) is 0 Å². The van der Waals surface area contributed by atoms with Crippen molar-refractivity contribution in [1.82, 2.24) is 4.57 Å². The Labute approximate surface area is 94.1 Å². The van der Waals surface area contributed by atoms with Crippen LogP contribution in [-0.4, -0.2) is 4.57 Å². The number of rotatable bonds is 1. The highest BCUT2D eigenvalue weighted by molar-refractivity contribution is 5.72. The minimum atomic E-state index is -0.0145. The van der Waals surface area contributed by atoms with Crippen LogP contribution in [0.2, 0.25) is 0 Å². The van der Waals surface area contributed by atoms with Crippen LogP contribution >= 0.6 is 0 Å². The van der Waals surface area contributed by atoms with Gasteiger partial charge in [0.1, 0.15) is 0 Å². The lowest BCUT2D eigenvalue weighted by molar-refractivity contribution is 0.861. The van der Waals surface area contributed by atoms with E-state index in [1.54, 1.807) is 23.9 Å². The fraction of sp³-hybridized carbons (Fsp3) is 0.154. The van der Waals surface area contributed by atoms with E-state index in [4.69, 9.17) is 5.73 Å². The summed E-state index contributed by atoms with van der Waals surface area (Å²) in [5.74, 6) is 0. The number of nitrogens with two attached hydrogens (primary N) is 1. The predicted octanol–water partition coefficient (Wildman–Crippen LogP) is 1.94. The van der Waals surface area contributed by atoms with E-state index in [9.17, 15) is 4.79 Å². The number of nitrogen functional groups attached to an aromatic ring is 1. The van der Waals surface area contributed by atoms with Gasteiger partial charge < -0.3 is 10.3 Å². The first-order chi connectivity index (χ1) is 7.59. The summed E-state index contributed by atoms with van der Waals surface area (Å²) in [5, 5.41) is 0. The third-order valence-electron chi connectivity index (χ3n) is 2.79. The first-order valence-electron chi connectivity index (χ1n) is 5.12. The van der Waals surface area contributed by atoms with Gasteiger partial charge in [-0.2, -0.15) is 0 Å². The second-order valence-electron chi connectivity index (χ2n) is 3.88. The summed E-state index contributed by atoms with van der Waals surface area (Å²) in [7, 11) is 1.73. The Balaban J connectivity index is 2.63. The van der Waals surface area contributed by atoms with E-state index in [0.717, 1.165) is 22.4 Å². The van der Waals surface area contributed by atoms with Gasteiger partial charge in [-0.1, -0.05) is 12.1 Å². The Bertz CT molecular complexity index is 585. The molecular formula is C13H14N2O. The molecule has 2 rings (SSSR count). The van der Waals surface area contributed by atoms with Gasteiger partial charge in [-0.25, -0.2) is 0 Å². The number of aromatic nitrogens is 1. The SMILES string of the molecule is Cc1c(N)cccc1-c1ccn(C)c(=O)c1. The van der Waals surface area contributed by atoms with E-state index in [1.807, 2.05) is 31.2 Å². The lowest BCUT2D eigenvalue weighted by Crippen LogP contribution is -2.14. The van der Waals surface area contributed by atoms with Crippen LogP contribution in [0.4, 0.5) is 5.69 Å². The molecule has 0 bridgehead atoms. The minimum absolute atomic E-state index is 0.0145. The van der Waals surface area contributed by atoms with Crippen molar-refractivity contribution in [1.29, 1.82) is 0 Å². The van der Waals surface area contributed by atoms with Crippen LogP contribution in [0.1, 0.15) is 5.56 Å². The highest BCUT2D eigenvalue weighted by Crippen LogP contribution is 2.25. The molecule has 0 amide bonds. The van der Waals surface area contributed by atoms with Gasteiger partial charge >= 0.3 is 0 Å². The topological polar surface area (TPSA) is 48.0 Å². The Morgan fingerprint density at radius 3 is 2.69 bits per heavy atom. The zero-order chi connectivity index (χ0) is 11.7. The van der Waals surface area contributed by atoms with E-state index in [2.05, 4.69) is 0 Å². The van der Waals surface area contributed by atoms with Gasteiger partial charge in [-0.15, -0.1) is 0 Å². The Morgan fingerprint density at radius 1 is 1.25 bits per heavy atom. The maximum atomic E-state index is 11.5. The van der Waals surface area contributed by atoms with Crippen molar-refractivity contribution >= 4 is 5.69 Å². The van der Waals surface area contributed by atoms with Crippen LogP contribution in [0, 0.1) is 6.92 Å². The summed E-state index contributed by atoms with van der Waals surface area (Å²) in [6.07, 6.45) is 1.76. The Morgan fingerprint density at radius 2 is 2.00 bits per heavy atom. The van der Waals surface area contributed by atoms with Crippen LogP contribution in [0.25, 0.3) is 11.1 Å². The highest BCUT2D eigenvalue weighted by Gasteiger charge is 2.04. The average Bonchev–Trinajstić information content (AvgIpc) is 2.26. The third-order valence-corrected chi connectivity index (χ3v) is 2.79. The molecule has 0 spiro atoms. The van der Waals surface area contributed by atoms with Crippen LogP contribution in [0.3, 0.4) is 0 Å². The standard InChI is InChI=1S/C13H14N2O/c1-9-11(4-3-5-12(9)14)10-6-7-15(2)13(16)8-10/h3-8H,14H2,1-2H3. The maximum absolute atomic E-state index is 11.5. The normalized spacial score (nSPS) is 10.4. The van der Waals surface area contributed by atoms with E-state index >= 15 is 0 Å². The number of anilines is 1. The van der Waals surface area contributed by atoms with Crippen LogP contribution < -0.4 is 11.3 Å². The number of hydrogen-bond acceptors (Lipinski definition) is 2. The van der Waals surface area contributed by atoms with Crippen molar-refractivity contribution in [2.24, 2.45) is 7.05 Å². The second-order valence-corrected chi connectivity index (χ2v) is 3.88. The van der Waals surface area contributed by atoms with Gasteiger partial charge in [-0.05, 0) is 35.7 Å². The van der Waals surface area contributed by atoms with Gasteiger partial charge in [0.25, 0.3) is 5.56 Å². The summed E-state index contributed by atoms with van der Waals surface area (Å²) in [6, 6.07) is 9.28. The molecule has 1 heterocycles. The molecule has 0 aliphatic rings. The van der Waals surface area contributed by atoms with Crippen molar-refractivity contribution in [3.05, 3.63) is 52.4 Å². The van der Waals surface area contributed by atoms with Crippen LogP contribution in [0.15, 0.2) is 41.3 Å². The number of pyridine rings is 1. The largest absolute Gasteiger partial charge is 0.398 e. The lowest BCUT2D eigenvalue weighted by atomic mass is 10.0. The summed E-state index contributed by atoms with van der Waals surface area (Å²) >= 11 is 0. The maximum Gasteiger partial charge on any atom is 0.250 e.